The average Bonchev–Trinajstić information content (AvgIpc) is 3.22. The van der Waals surface area contributed by atoms with E-state index >= 15 is 0 Å². The number of hydrogen-bond donors (Lipinski definition) is 1. The molecule has 11 heteroatoms. The number of nitrogens with zero attached hydrogens (tertiary/aromatic N) is 4. The molecule has 2 aliphatic heterocycles. The van der Waals surface area contributed by atoms with Crippen molar-refractivity contribution < 1.29 is 23.8 Å². The van der Waals surface area contributed by atoms with Crippen molar-refractivity contribution in [3.8, 4) is 11.5 Å². The third-order valence-electron chi connectivity index (χ3n) is 5.19. The molecule has 180 valence electrons. The minimum absolute atomic E-state index is 0.0297. The molecule has 1 aromatic heterocycles. The second-order valence-electron chi connectivity index (χ2n) is 8.08. The molecule has 4 rings (SSSR count). The maximum absolute atomic E-state index is 12.9. The third kappa shape index (κ3) is 6.03. The van der Waals surface area contributed by atoms with Crippen LogP contribution in [0.5, 0.6) is 11.5 Å². The van der Waals surface area contributed by atoms with Gasteiger partial charge in [0.05, 0.1) is 24.7 Å². The van der Waals surface area contributed by atoms with E-state index < -0.39 is 6.04 Å². The first-order chi connectivity index (χ1) is 16.4. The van der Waals surface area contributed by atoms with Gasteiger partial charge >= 0.3 is 0 Å². The Morgan fingerprint density at radius 1 is 1.21 bits per heavy atom. The number of ether oxygens (including phenoxy) is 3. The van der Waals surface area contributed by atoms with Crippen LogP contribution in [0.2, 0.25) is 0 Å². The zero-order valence-corrected chi connectivity index (χ0v) is 20.1. The summed E-state index contributed by atoms with van der Waals surface area (Å²) in [5.41, 5.74) is 1.06. The Kier molecular flexibility index (Phi) is 7.63. The quantitative estimate of drug-likeness (QED) is 0.607. The zero-order chi connectivity index (χ0) is 24.1. The highest BCUT2D eigenvalue weighted by Crippen LogP contribution is 2.29. The molecule has 34 heavy (non-hydrogen) atoms. The van der Waals surface area contributed by atoms with Crippen molar-refractivity contribution in [1.29, 1.82) is 0 Å². The minimum Gasteiger partial charge on any atom is -0.488 e. The highest BCUT2D eigenvalue weighted by atomic mass is 32.2. The molecule has 2 aliphatic rings. The molecular formula is C23H27N5O5S. The van der Waals surface area contributed by atoms with Crippen LogP contribution in [0.1, 0.15) is 29.4 Å². The minimum atomic E-state index is -0.440. The van der Waals surface area contributed by atoms with Gasteiger partial charge in [-0.1, -0.05) is 11.8 Å². The molecule has 1 unspecified atom stereocenters. The number of rotatable bonds is 8. The first-order valence-electron chi connectivity index (χ1n) is 11.0. The van der Waals surface area contributed by atoms with E-state index in [2.05, 4.69) is 20.3 Å². The van der Waals surface area contributed by atoms with E-state index in [1.54, 1.807) is 36.4 Å². The number of aliphatic imine (C=N–C) groups is 1. The molecule has 0 radical (unpaired) electrons. The van der Waals surface area contributed by atoms with Crippen LogP contribution in [0.3, 0.4) is 0 Å². The largest absolute Gasteiger partial charge is 0.488 e. The van der Waals surface area contributed by atoms with Gasteiger partial charge in [0.1, 0.15) is 23.6 Å². The van der Waals surface area contributed by atoms with Crippen LogP contribution in [0.4, 0.5) is 5.82 Å². The Balaban J connectivity index is 1.52. The van der Waals surface area contributed by atoms with Crippen LogP contribution in [0.15, 0.2) is 35.6 Å². The van der Waals surface area contributed by atoms with Crippen LogP contribution < -0.4 is 14.8 Å². The molecule has 1 fully saturated rings. The molecule has 1 N–H and O–H groups in total. The van der Waals surface area contributed by atoms with Crippen LogP contribution in [0, 0.1) is 6.92 Å². The number of methoxy groups -OCH3 is 1. The molecule has 2 amide bonds. The predicted molar refractivity (Wildman–Crippen MR) is 129 cm³/mol. The highest BCUT2D eigenvalue weighted by Gasteiger charge is 2.32. The SMILES string of the molecule is COC[C@H](C)Oc1cc(OC2=NC(C(=O)N3CCC3)CS2)cc(C(=O)Nc2cnc(C)cn2)c1. The van der Waals surface area contributed by atoms with Crippen molar-refractivity contribution in [2.45, 2.75) is 32.4 Å². The Bertz CT molecular complexity index is 1070. The smallest absolute Gasteiger partial charge is 0.257 e. The molecule has 0 aliphatic carbocycles. The lowest BCUT2D eigenvalue weighted by Gasteiger charge is -2.32. The Morgan fingerprint density at radius 2 is 2.00 bits per heavy atom. The fraction of sp³-hybridized carbons (Fsp3) is 0.435. The van der Waals surface area contributed by atoms with E-state index in [-0.39, 0.29) is 17.9 Å². The first kappa shape index (κ1) is 24.0. The number of anilines is 1. The lowest BCUT2D eigenvalue weighted by Crippen LogP contribution is -2.46. The Labute approximate surface area is 202 Å². The summed E-state index contributed by atoms with van der Waals surface area (Å²) in [5.74, 6) is 1.33. The standard InChI is InChI=1S/C23H27N5O5S/c1-14-10-25-20(11-24-14)27-21(29)16-7-17(32-15(2)12-31-3)9-18(8-16)33-23-26-19(13-34-23)22(30)28-5-4-6-28/h7-11,15,19H,4-6,12-13H2,1-3H3,(H,25,27,29)/t15-,19?/m0/s1. The number of amides is 2. The number of carbonyl (C=O) groups is 2. The third-order valence-corrected chi connectivity index (χ3v) is 6.11. The van der Waals surface area contributed by atoms with Crippen molar-refractivity contribution in [3.63, 3.8) is 0 Å². The normalized spacial score (nSPS) is 18.0. The molecule has 0 spiro atoms. The first-order valence-corrected chi connectivity index (χ1v) is 12.0. The van der Waals surface area contributed by atoms with Crippen LogP contribution >= 0.6 is 11.8 Å². The molecule has 2 aromatic rings. The van der Waals surface area contributed by atoms with Gasteiger partial charge in [-0.05, 0) is 32.4 Å². The van der Waals surface area contributed by atoms with Gasteiger partial charge in [-0.3, -0.25) is 14.6 Å². The molecule has 0 bridgehead atoms. The lowest BCUT2D eigenvalue weighted by atomic mass is 10.2. The molecule has 0 saturated carbocycles. The summed E-state index contributed by atoms with van der Waals surface area (Å²) >= 11 is 1.37. The summed E-state index contributed by atoms with van der Waals surface area (Å²) in [6.45, 7) is 5.63. The van der Waals surface area contributed by atoms with Crippen molar-refractivity contribution in [2.24, 2.45) is 4.99 Å². The van der Waals surface area contributed by atoms with Crippen LogP contribution in [-0.2, 0) is 9.53 Å². The topological polar surface area (TPSA) is 115 Å². The van der Waals surface area contributed by atoms with Gasteiger partial charge in [-0.2, -0.15) is 0 Å². The molecule has 3 heterocycles. The van der Waals surface area contributed by atoms with Crippen LogP contribution in [-0.4, -0.2) is 76.6 Å². The second-order valence-corrected chi connectivity index (χ2v) is 9.05. The number of hydrogen-bond acceptors (Lipinski definition) is 9. The zero-order valence-electron chi connectivity index (χ0n) is 19.3. The van der Waals surface area contributed by atoms with E-state index in [1.807, 2.05) is 13.8 Å². The van der Waals surface area contributed by atoms with Crippen molar-refractivity contribution in [3.05, 3.63) is 41.9 Å². The van der Waals surface area contributed by atoms with Gasteiger partial charge in [0, 0.05) is 37.6 Å². The predicted octanol–water partition coefficient (Wildman–Crippen LogP) is 2.53. The fourth-order valence-electron chi connectivity index (χ4n) is 3.36. The van der Waals surface area contributed by atoms with Gasteiger partial charge in [-0.15, -0.1) is 0 Å². The Morgan fingerprint density at radius 3 is 2.68 bits per heavy atom. The number of likely N-dealkylation sites (tertiary alicyclic amines) is 1. The van der Waals surface area contributed by atoms with Gasteiger partial charge in [0.25, 0.3) is 11.1 Å². The summed E-state index contributed by atoms with van der Waals surface area (Å²) < 4.78 is 17.0. The van der Waals surface area contributed by atoms with Crippen molar-refractivity contribution in [1.82, 2.24) is 14.9 Å². The highest BCUT2D eigenvalue weighted by molar-refractivity contribution is 8.13. The maximum Gasteiger partial charge on any atom is 0.257 e. The second kappa shape index (κ2) is 10.8. The van der Waals surface area contributed by atoms with Crippen LogP contribution in [0.25, 0.3) is 0 Å². The molecule has 1 aromatic carbocycles. The maximum atomic E-state index is 12.9. The summed E-state index contributed by atoms with van der Waals surface area (Å²) in [5, 5.41) is 3.11. The van der Waals surface area contributed by atoms with E-state index in [0.29, 0.717) is 40.5 Å². The van der Waals surface area contributed by atoms with E-state index in [4.69, 9.17) is 14.2 Å². The summed E-state index contributed by atoms with van der Waals surface area (Å²) in [4.78, 5) is 39.9. The number of nitrogens with one attached hydrogen (secondary N) is 1. The van der Waals surface area contributed by atoms with Gasteiger partial charge in [0.2, 0.25) is 5.91 Å². The number of thioether (sulfide) groups is 1. The summed E-state index contributed by atoms with van der Waals surface area (Å²) in [6.07, 6.45) is 3.86. The number of benzene rings is 1. The van der Waals surface area contributed by atoms with Gasteiger partial charge in [-0.25, -0.2) is 9.98 Å². The number of aryl methyl sites for hydroxylation is 1. The molecule has 1 saturated heterocycles. The summed E-state index contributed by atoms with van der Waals surface area (Å²) in [6, 6.07) is 4.46. The summed E-state index contributed by atoms with van der Waals surface area (Å²) in [7, 11) is 1.59. The molecule has 2 atom stereocenters. The number of carbonyl (C=O) groups excluding carboxylic acids is 2. The average molecular weight is 486 g/mol. The molecule has 10 nitrogen and oxygen atoms in total. The lowest BCUT2D eigenvalue weighted by molar-refractivity contribution is -0.135. The van der Waals surface area contributed by atoms with E-state index in [0.717, 1.165) is 25.2 Å². The van der Waals surface area contributed by atoms with Gasteiger partial charge in [0.15, 0.2) is 5.82 Å². The monoisotopic (exact) mass is 485 g/mol. The number of aromatic nitrogens is 2. The van der Waals surface area contributed by atoms with E-state index in [1.165, 1.54) is 18.0 Å². The van der Waals surface area contributed by atoms with E-state index in [9.17, 15) is 9.59 Å². The Hall–Kier alpha value is -3.18. The van der Waals surface area contributed by atoms with Crippen molar-refractivity contribution >= 4 is 34.6 Å². The van der Waals surface area contributed by atoms with Gasteiger partial charge < -0.3 is 24.4 Å². The van der Waals surface area contributed by atoms with Crippen molar-refractivity contribution in [2.75, 3.05) is 37.9 Å². The molecular weight excluding hydrogens is 458 g/mol. The fourth-order valence-corrected chi connectivity index (χ4v) is 4.23.